The maximum Gasteiger partial charge on any atom is 0.227 e. The first-order valence-electron chi connectivity index (χ1n) is 9.94. The molecule has 0 N–H and O–H groups in total. The molecule has 29 heavy (non-hydrogen) atoms. The van der Waals surface area contributed by atoms with E-state index in [1.807, 2.05) is 30.5 Å². The van der Waals surface area contributed by atoms with Crippen LogP contribution in [-0.4, -0.2) is 32.3 Å². The maximum absolute atomic E-state index is 13.5. The molecule has 3 heterocycles. The van der Waals surface area contributed by atoms with Gasteiger partial charge in [-0.15, -0.1) is 0 Å². The summed E-state index contributed by atoms with van der Waals surface area (Å²) in [5.41, 5.74) is 4.34. The Morgan fingerprint density at radius 1 is 1.31 bits per heavy atom. The summed E-state index contributed by atoms with van der Waals surface area (Å²) in [7, 11) is 1.89. The van der Waals surface area contributed by atoms with E-state index in [0.29, 0.717) is 17.9 Å². The number of carbonyl (C=O) groups excluding carboxylic acids is 1. The van der Waals surface area contributed by atoms with E-state index in [1.165, 1.54) is 12.1 Å². The molecule has 1 atom stereocenters. The Kier molecular flexibility index (Phi) is 5.22. The van der Waals surface area contributed by atoms with Crippen molar-refractivity contribution >= 4 is 5.91 Å². The van der Waals surface area contributed by atoms with Crippen LogP contribution in [0, 0.1) is 19.7 Å². The molecule has 0 spiro atoms. The van der Waals surface area contributed by atoms with Crippen LogP contribution in [-0.2, 0) is 18.3 Å². The predicted octanol–water partition coefficient (Wildman–Crippen LogP) is 4.13. The van der Waals surface area contributed by atoms with Gasteiger partial charge in [0, 0.05) is 19.2 Å². The van der Waals surface area contributed by atoms with Crippen molar-refractivity contribution in [2.24, 2.45) is 7.05 Å². The highest BCUT2D eigenvalue weighted by Gasteiger charge is 2.33. The van der Waals surface area contributed by atoms with Crippen molar-refractivity contribution in [2.45, 2.75) is 45.6 Å². The second-order valence-corrected chi connectivity index (χ2v) is 7.69. The second-order valence-electron chi connectivity index (χ2n) is 7.69. The van der Waals surface area contributed by atoms with E-state index in [0.717, 1.165) is 41.8 Å². The van der Waals surface area contributed by atoms with Crippen molar-refractivity contribution in [3.05, 3.63) is 58.8 Å². The van der Waals surface area contributed by atoms with Crippen molar-refractivity contribution in [3.63, 3.8) is 0 Å². The molecule has 1 aromatic carbocycles. The minimum Gasteiger partial charge on any atom is -0.356 e. The first-order valence-corrected chi connectivity index (χ1v) is 9.94. The standard InChI is InChI=1S/C22H25FN4O2/c1-14-15(2)25-29-22(14)18-13-24-26(3)21(18)19-9-4-5-10-27(19)20(28)12-16-7-6-8-17(23)11-16/h6-8,11,13,19H,4-5,9-10,12H2,1-3H3/t19-/m1/s1. The van der Waals surface area contributed by atoms with Crippen LogP contribution in [0.25, 0.3) is 11.3 Å². The Balaban J connectivity index is 1.67. The van der Waals surface area contributed by atoms with Crippen LogP contribution in [0.3, 0.4) is 0 Å². The normalized spacial score (nSPS) is 17.0. The van der Waals surface area contributed by atoms with Gasteiger partial charge >= 0.3 is 0 Å². The highest BCUT2D eigenvalue weighted by atomic mass is 19.1. The molecule has 1 saturated heterocycles. The van der Waals surface area contributed by atoms with E-state index < -0.39 is 0 Å². The van der Waals surface area contributed by atoms with Gasteiger partial charge in [-0.3, -0.25) is 9.48 Å². The van der Waals surface area contributed by atoms with Crippen LogP contribution in [0.4, 0.5) is 4.39 Å². The van der Waals surface area contributed by atoms with Gasteiger partial charge in [0.05, 0.1) is 35.6 Å². The summed E-state index contributed by atoms with van der Waals surface area (Å²) < 4.78 is 20.9. The summed E-state index contributed by atoms with van der Waals surface area (Å²) in [6, 6.07) is 6.14. The molecule has 0 radical (unpaired) electrons. The van der Waals surface area contributed by atoms with Gasteiger partial charge in [-0.25, -0.2) is 4.39 Å². The number of halogens is 1. The molecule has 1 aliphatic rings. The zero-order valence-electron chi connectivity index (χ0n) is 17.0. The number of amides is 1. The lowest BCUT2D eigenvalue weighted by atomic mass is 9.94. The van der Waals surface area contributed by atoms with Crippen LogP contribution in [0.2, 0.25) is 0 Å². The monoisotopic (exact) mass is 396 g/mol. The molecule has 0 saturated carbocycles. The maximum atomic E-state index is 13.5. The SMILES string of the molecule is Cc1noc(-c2cnn(C)c2[C@H]2CCCCN2C(=O)Cc2cccc(F)c2)c1C. The quantitative estimate of drug-likeness (QED) is 0.665. The molecule has 6 nitrogen and oxygen atoms in total. The smallest absolute Gasteiger partial charge is 0.227 e. The van der Waals surface area contributed by atoms with Crippen molar-refractivity contribution in [1.29, 1.82) is 0 Å². The highest BCUT2D eigenvalue weighted by Crippen LogP contribution is 2.38. The molecule has 0 bridgehead atoms. The van der Waals surface area contributed by atoms with Gasteiger partial charge < -0.3 is 9.42 Å². The van der Waals surface area contributed by atoms with Crippen LogP contribution in [0.5, 0.6) is 0 Å². The van der Waals surface area contributed by atoms with Crippen LogP contribution in [0.1, 0.15) is 47.8 Å². The Morgan fingerprint density at radius 2 is 2.14 bits per heavy atom. The Hall–Kier alpha value is -2.96. The molecule has 2 aromatic heterocycles. The first-order chi connectivity index (χ1) is 14.0. The number of aryl methyl sites for hydroxylation is 2. The molecular formula is C22H25FN4O2. The third-order valence-electron chi connectivity index (χ3n) is 5.77. The fraction of sp³-hybridized carbons (Fsp3) is 0.409. The third-order valence-corrected chi connectivity index (χ3v) is 5.77. The number of nitrogens with zero attached hydrogens (tertiary/aromatic N) is 4. The predicted molar refractivity (Wildman–Crippen MR) is 107 cm³/mol. The molecule has 1 fully saturated rings. The topological polar surface area (TPSA) is 64.2 Å². The van der Waals surface area contributed by atoms with Gasteiger partial charge in [0.2, 0.25) is 5.91 Å². The molecule has 1 aliphatic heterocycles. The van der Waals surface area contributed by atoms with Crippen molar-refractivity contribution in [2.75, 3.05) is 6.54 Å². The van der Waals surface area contributed by atoms with Crippen LogP contribution < -0.4 is 0 Å². The number of piperidine rings is 1. The zero-order chi connectivity index (χ0) is 20.5. The number of rotatable bonds is 4. The largest absolute Gasteiger partial charge is 0.356 e. The van der Waals surface area contributed by atoms with Crippen molar-refractivity contribution in [3.8, 4) is 11.3 Å². The van der Waals surface area contributed by atoms with Crippen molar-refractivity contribution in [1.82, 2.24) is 19.8 Å². The van der Waals surface area contributed by atoms with Gasteiger partial charge in [-0.1, -0.05) is 17.3 Å². The fourth-order valence-corrected chi connectivity index (χ4v) is 4.12. The number of carbonyl (C=O) groups is 1. The molecule has 0 aliphatic carbocycles. The van der Waals surface area contributed by atoms with Gasteiger partial charge in [-0.05, 0) is 50.8 Å². The minimum absolute atomic E-state index is 0.00192. The molecule has 1 amide bonds. The van der Waals surface area contributed by atoms with Gasteiger partial charge in [0.15, 0.2) is 5.76 Å². The molecule has 0 unspecified atom stereocenters. The molecular weight excluding hydrogens is 371 g/mol. The Labute approximate surface area is 169 Å². The van der Waals surface area contributed by atoms with Gasteiger partial charge in [-0.2, -0.15) is 5.10 Å². The second kappa shape index (κ2) is 7.81. The number of hydrogen-bond acceptors (Lipinski definition) is 4. The van der Waals surface area contributed by atoms with Gasteiger partial charge in [0.25, 0.3) is 0 Å². The summed E-state index contributed by atoms with van der Waals surface area (Å²) in [4.78, 5) is 15.1. The Bertz CT molecular complexity index is 1040. The number of hydrogen-bond donors (Lipinski definition) is 0. The van der Waals surface area contributed by atoms with Gasteiger partial charge in [0.1, 0.15) is 5.82 Å². The highest BCUT2D eigenvalue weighted by molar-refractivity contribution is 5.80. The third kappa shape index (κ3) is 3.69. The molecule has 152 valence electrons. The molecule has 4 rings (SSSR count). The zero-order valence-corrected chi connectivity index (χ0v) is 17.0. The summed E-state index contributed by atoms with van der Waals surface area (Å²) in [5, 5.41) is 8.53. The van der Waals surface area contributed by atoms with E-state index in [1.54, 1.807) is 18.3 Å². The summed E-state index contributed by atoms with van der Waals surface area (Å²) in [5.74, 6) is 0.377. The molecule has 3 aromatic rings. The van der Waals surface area contributed by atoms with E-state index in [4.69, 9.17) is 4.52 Å². The number of likely N-dealkylation sites (tertiary alicyclic amines) is 1. The number of benzene rings is 1. The summed E-state index contributed by atoms with van der Waals surface area (Å²) in [6.07, 6.45) is 4.81. The minimum atomic E-state index is -0.324. The summed E-state index contributed by atoms with van der Waals surface area (Å²) in [6.45, 7) is 4.57. The van der Waals surface area contributed by atoms with E-state index >= 15 is 0 Å². The van der Waals surface area contributed by atoms with E-state index in [-0.39, 0.29) is 24.2 Å². The lowest BCUT2D eigenvalue weighted by Crippen LogP contribution is -2.40. The molecule has 7 heteroatoms. The summed E-state index contributed by atoms with van der Waals surface area (Å²) >= 11 is 0. The van der Waals surface area contributed by atoms with Crippen LogP contribution >= 0.6 is 0 Å². The fourth-order valence-electron chi connectivity index (χ4n) is 4.12. The lowest BCUT2D eigenvalue weighted by molar-refractivity contribution is -0.134. The van der Waals surface area contributed by atoms with E-state index in [2.05, 4.69) is 10.3 Å². The first kappa shape index (κ1) is 19.4. The average molecular weight is 396 g/mol. The van der Waals surface area contributed by atoms with E-state index in [9.17, 15) is 9.18 Å². The Morgan fingerprint density at radius 3 is 2.86 bits per heavy atom. The van der Waals surface area contributed by atoms with Crippen LogP contribution in [0.15, 0.2) is 35.0 Å². The average Bonchev–Trinajstić information content (AvgIpc) is 3.24. The van der Waals surface area contributed by atoms with Crippen molar-refractivity contribution < 1.29 is 13.7 Å². The number of aromatic nitrogens is 3. The lowest BCUT2D eigenvalue weighted by Gasteiger charge is -2.36.